The lowest BCUT2D eigenvalue weighted by Crippen LogP contribution is -2.56. The van der Waals surface area contributed by atoms with Crippen molar-refractivity contribution in [1.82, 2.24) is 4.90 Å². The van der Waals surface area contributed by atoms with Crippen LogP contribution in [0.2, 0.25) is 0 Å². The van der Waals surface area contributed by atoms with Crippen molar-refractivity contribution in [3.05, 3.63) is 51.7 Å². The fraction of sp³-hybridized carbons (Fsp3) is 0.455. The number of carbonyl (C=O) groups excluding carboxylic acids is 2. The first-order valence-electron chi connectivity index (χ1n) is 9.94. The van der Waals surface area contributed by atoms with Crippen molar-refractivity contribution in [2.75, 3.05) is 6.54 Å². The molecule has 2 N–H and O–H groups in total. The van der Waals surface area contributed by atoms with Crippen LogP contribution in [0.4, 0.5) is 0 Å². The van der Waals surface area contributed by atoms with Crippen LogP contribution in [-0.4, -0.2) is 35.0 Å². The standard InChI is InChI=1S/C22H26N2O4S/c1-22(2)20(27-13-14-8-4-3-5-9-14)18(24-11-7-6-10-17(24)25)19-15(28-22)12-16(29-19)21(23)26/h3-5,8-9,12,18,20H,6-7,10-11,13H2,1-2H3,(H2,23,26)/t18-,20+/m1/s1. The Balaban J connectivity index is 1.73. The summed E-state index contributed by atoms with van der Waals surface area (Å²) in [6, 6.07) is 11.3. The predicted octanol–water partition coefficient (Wildman–Crippen LogP) is 3.66. The second-order valence-corrected chi connectivity index (χ2v) is 9.20. The largest absolute Gasteiger partial charge is 0.484 e. The van der Waals surface area contributed by atoms with Crippen LogP contribution < -0.4 is 10.5 Å². The van der Waals surface area contributed by atoms with Crippen molar-refractivity contribution in [3.8, 4) is 5.75 Å². The molecule has 29 heavy (non-hydrogen) atoms. The number of amides is 2. The molecule has 2 atom stereocenters. The van der Waals surface area contributed by atoms with E-state index in [0.29, 0.717) is 30.2 Å². The lowest BCUT2D eigenvalue weighted by Gasteiger charge is -2.48. The minimum absolute atomic E-state index is 0.118. The summed E-state index contributed by atoms with van der Waals surface area (Å²) in [6.45, 7) is 5.03. The average Bonchev–Trinajstić information content (AvgIpc) is 3.10. The highest BCUT2D eigenvalue weighted by atomic mass is 32.1. The van der Waals surface area contributed by atoms with Crippen molar-refractivity contribution in [2.24, 2.45) is 5.73 Å². The molecule has 154 valence electrons. The van der Waals surface area contributed by atoms with Gasteiger partial charge in [-0.25, -0.2) is 0 Å². The van der Waals surface area contributed by atoms with Gasteiger partial charge in [-0.2, -0.15) is 0 Å². The lowest BCUT2D eigenvalue weighted by atomic mass is 9.88. The molecule has 2 amide bonds. The quantitative estimate of drug-likeness (QED) is 0.810. The molecule has 0 radical (unpaired) electrons. The van der Waals surface area contributed by atoms with Crippen molar-refractivity contribution in [2.45, 2.75) is 57.5 Å². The zero-order valence-corrected chi connectivity index (χ0v) is 17.5. The van der Waals surface area contributed by atoms with Crippen molar-refractivity contribution in [3.63, 3.8) is 0 Å². The summed E-state index contributed by atoms with van der Waals surface area (Å²) >= 11 is 1.30. The van der Waals surface area contributed by atoms with E-state index in [9.17, 15) is 9.59 Å². The van der Waals surface area contributed by atoms with Crippen molar-refractivity contribution < 1.29 is 19.1 Å². The molecule has 4 rings (SSSR count). The molecule has 0 saturated carbocycles. The molecule has 1 aromatic carbocycles. The summed E-state index contributed by atoms with van der Waals surface area (Å²) in [5.41, 5.74) is 5.89. The fourth-order valence-electron chi connectivity index (χ4n) is 4.13. The molecule has 0 unspecified atom stereocenters. The van der Waals surface area contributed by atoms with E-state index in [0.717, 1.165) is 23.3 Å². The van der Waals surface area contributed by atoms with E-state index in [1.807, 2.05) is 49.1 Å². The first-order valence-corrected chi connectivity index (χ1v) is 10.8. The van der Waals surface area contributed by atoms with Gasteiger partial charge in [-0.3, -0.25) is 9.59 Å². The molecule has 2 aromatic rings. The topological polar surface area (TPSA) is 81.9 Å². The first kappa shape index (κ1) is 19.9. The van der Waals surface area contributed by atoms with E-state index in [1.54, 1.807) is 6.07 Å². The predicted molar refractivity (Wildman–Crippen MR) is 111 cm³/mol. The Morgan fingerprint density at radius 1 is 1.31 bits per heavy atom. The zero-order valence-electron chi connectivity index (χ0n) is 16.7. The summed E-state index contributed by atoms with van der Waals surface area (Å²) in [4.78, 5) is 27.8. The molecule has 1 fully saturated rings. The Labute approximate surface area is 174 Å². The van der Waals surface area contributed by atoms with Gasteiger partial charge < -0.3 is 20.1 Å². The van der Waals surface area contributed by atoms with Gasteiger partial charge in [0.25, 0.3) is 5.91 Å². The molecule has 3 heterocycles. The Kier molecular flexibility index (Phi) is 5.36. The third-order valence-electron chi connectivity index (χ3n) is 5.55. The SMILES string of the molecule is CC1(C)Oc2cc(C(N)=O)sc2[C@@H](N2CCCCC2=O)[C@@H]1OCc1ccccc1. The van der Waals surface area contributed by atoms with Gasteiger partial charge in [-0.05, 0) is 32.3 Å². The van der Waals surface area contributed by atoms with E-state index in [-0.39, 0.29) is 18.1 Å². The molecule has 2 aliphatic heterocycles. The van der Waals surface area contributed by atoms with E-state index < -0.39 is 11.5 Å². The molecule has 7 heteroatoms. The monoisotopic (exact) mass is 414 g/mol. The molecule has 1 saturated heterocycles. The van der Waals surface area contributed by atoms with Gasteiger partial charge in [-0.1, -0.05) is 30.3 Å². The van der Waals surface area contributed by atoms with Crippen molar-refractivity contribution >= 4 is 23.2 Å². The second-order valence-electron chi connectivity index (χ2n) is 8.12. The van der Waals surface area contributed by atoms with E-state index >= 15 is 0 Å². The van der Waals surface area contributed by atoms with Crippen LogP contribution in [-0.2, 0) is 16.1 Å². The Morgan fingerprint density at radius 3 is 2.76 bits per heavy atom. The average molecular weight is 415 g/mol. The number of hydrogen-bond acceptors (Lipinski definition) is 5. The number of likely N-dealkylation sites (tertiary alicyclic amines) is 1. The second kappa shape index (κ2) is 7.80. The zero-order chi connectivity index (χ0) is 20.6. The summed E-state index contributed by atoms with van der Waals surface area (Å²) in [7, 11) is 0. The molecule has 1 aromatic heterocycles. The minimum Gasteiger partial charge on any atom is -0.484 e. The number of carbonyl (C=O) groups is 2. The van der Waals surface area contributed by atoms with Crippen LogP contribution in [0.3, 0.4) is 0 Å². The van der Waals surface area contributed by atoms with Crippen LogP contribution in [0.1, 0.15) is 59.3 Å². The fourth-order valence-corrected chi connectivity index (χ4v) is 5.21. The highest BCUT2D eigenvalue weighted by Gasteiger charge is 2.50. The highest BCUT2D eigenvalue weighted by molar-refractivity contribution is 7.14. The maximum atomic E-state index is 12.8. The van der Waals surface area contributed by atoms with Gasteiger partial charge >= 0.3 is 0 Å². The Bertz CT molecular complexity index is 909. The van der Waals surface area contributed by atoms with Crippen LogP contribution in [0.15, 0.2) is 36.4 Å². The smallest absolute Gasteiger partial charge is 0.258 e. The number of piperidine rings is 1. The van der Waals surface area contributed by atoms with Crippen molar-refractivity contribution in [1.29, 1.82) is 0 Å². The van der Waals surface area contributed by atoms with E-state index in [4.69, 9.17) is 15.2 Å². The third-order valence-corrected chi connectivity index (χ3v) is 6.75. The minimum atomic E-state index is -0.680. The summed E-state index contributed by atoms with van der Waals surface area (Å²) in [6.07, 6.45) is 2.02. The van der Waals surface area contributed by atoms with Crippen LogP contribution in [0, 0.1) is 0 Å². The molecule has 0 bridgehead atoms. The van der Waals surface area contributed by atoms with Gasteiger partial charge in [0, 0.05) is 19.0 Å². The maximum Gasteiger partial charge on any atom is 0.258 e. The van der Waals surface area contributed by atoms with Gasteiger partial charge in [0.2, 0.25) is 5.91 Å². The molecule has 6 nitrogen and oxygen atoms in total. The van der Waals surface area contributed by atoms with Crippen LogP contribution in [0.5, 0.6) is 5.75 Å². The lowest BCUT2D eigenvalue weighted by molar-refractivity contribution is -0.157. The molecule has 2 aliphatic rings. The molecule has 0 spiro atoms. The number of nitrogens with zero attached hydrogens (tertiary/aromatic N) is 1. The number of fused-ring (bicyclic) bond motifs is 1. The number of rotatable bonds is 5. The Morgan fingerprint density at radius 2 is 2.07 bits per heavy atom. The van der Waals surface area contributed by atoms with Crippen LogP contribution >= 0.6 is 11.3 Å². The number of nitrogens with two attached hydrogens (primary N) is 1. The molecular weight excluding hydrogens is 388 g/mol. The summed E-state index contributed by atoms with van der Waals surface area (Å²) in [5, 5.41) is 0. The van der Waals surface area contributed by atoms with Gasteiger partial charge in [0.15, 0.2) is 0 Å². The molecule has 0 aliphatic carbocycles. The summed E-state index contributed by atoms with van der Waals surface area (Å²) in [5.74, 6) is 0.250. The Hall–Kier alpha value is -2.38. The van der Waals surface area contributed by atoms with Gasteiger partial charge in [0.05, 0.1) is 22.4 Å². The third kappa shape index (κ3) is 3.89. The van der Waals surface area contributed by atoms with E-state index in [1.165, 1.54) is 11.3 Å². The number of hydrogen-bond donors (Lipinski definition) is 1. The van der Waals surface area contributed by atoms with Crippen LogP contribution in [0.25, 0.3) is 0 Å². The summed E-state index contributed by atoms with van der Waals surface area (Å²) < 4.78 is 12.6. The van der Waals surface area contributed by atoms with Gasteiger partial charge in [-0.15, -0.1) is 11.3 Å². The van der Waals surface area contributed by atoms with Gasteiger partial charge in [0.1, 0.15) is 17.5 Å². The normalized spacial score (nSPS) is 23.4. The van der Waals surface area contributed by atoms with E-state index in [2.05, 4.69) is 0 Å². The highest BCUT2D eigenvalue weighted by Crippen LogP contribution is 2.49. The number of ether oxygens (including phenoxy) is 2. The number of benzene rings is 1. The molecular formula is C22H26N2O4S. The number of thiophene rings is 1. The first-order chi connectivity index (χ1) is 13.9. The maximum absolute atomic E-state index is 12.8. The number of primary amides is 1.